The van der Waals surface area contributed by atoms with Crippen LogP contribution in [-0.2, 0) is 9.53 Å². The summed E-state index contributed by atoms with van der Waals surface area (Å²) in [6.07, 6.45) is 0. The predicted octanol–water partition coefficient (Wildman–Crippen LogP) is 4.05. The topological polar surface area (TPSA) is 44.8 Å². The van der Waals surface area contributed by atoms with E-state index in [1.807, 2.05) is 0 Å². The van der Waals surface area contributed by atoms with Crippen LogP contribution in [-0.4, -0.2) is 30.6 Å². The van der Waals surface area contributed by atoms with E-state index in [4.69, 9.17) is 49.0 Å². The minimum absolute atomic E-state index is 0.327. The average Bonchev–Trinajstić information content (AvgIpc) is 2.42. The van der Waals surface area contributed by atoms with Crippen LogP contribution in [0.15, 0.2) is 18.2 Å². The molecule has 0 aliphatic rings. The normalized spacial score (nSPS) is 12.7. The van der Waals surface area contributed by atoms with E-state index < -0.39 is 14.6 Å². The summed E-state index contributed by atoms with van der Waals surface area (Å²) in [5.74, 6) is 0.498. The summed E-state index contributed by atoms with van der Waals surface area (Å²) in [6.45, 7) is -0.327. The molecule has 0 spiro atoms. The molecule has 0 N–H and O–H groups in total. The number of hydrogen-bond donors (Lipinski definition) is 0. The summed E-state index contributed by atoms with van der Waals surface area (Å²) < 4.78 is 13.5. The van der Waals surface area contributed by atoms with E-state index >= 15 is 0 Å². The molecule has 8 heteroatoms. The van der Waals surface area contributed by atoms with Crippen LogP contribution in [0.3, 0.4) is 0 Å². The van der Waals surface area contributed by atoms with Crippen molar-refractivity contribution in [2.45, 2.75) is 8.62 Å². The summed E-state index contributed by atoms with van der Waals surface area (Å²) in [6, 6.07) is 5.05. The fourth-order valence-corrected chi connectivity index (χ4v) is 1.95. The molecule has 1 aromatic carbocycles. The molecule has 0 radical (unpaired) electrons. The van der Waals surface area contributed by atoms with Crippen molar-refractivity contribution >= 4 is 56.7 Å². The van der Waals surface area contributed by atoms with E-state index in [1.54, 1.807) is 18.2 Å². The Bertz CT molecular complexity index is 476. The van der Waals surface area contributed by atoms with Gasteiger partial charge in [-0.3, -0.25) is 4.79 Å². The minimum atomic E-state index is -1.64. The maximum atomic E-state index is 11.8. The van der Waals surface area contributed by atoms with Crippen LogP contribution in [0.5, 0.6) is 11.5 Å². The summed E-state index contributed by atoms with van der Waals surface area (Å²) in [4.78, 5) is 11.1. The number of hydrogen-bond acceptors (Lipinski definition) is 4. The number of carbonyl (C=O) groups is 1. The first-order valence-corrected chi connectivity index (χ1v) is 7.43. The molecule has 0 aromatic heterocycles. The summed E-state index contributed by atoms with van der Waals surface area (Å²) in [5.41, 5.74) is 0.636. The third-order valence-electron chi connectivity index (χ3n) is 2.29. The molecule has 0 bridgehead atoms. The van der Waals surface area contributed by atoms with Crippen LogP contribution in [0.4, 0.5) is 0 Å². The summed E-state index contributed by atoms with van der Waals surface area (Å²) in [5, 5.41) is 0. The Kier molecular flexibility index (Phi) is 6.72. The van der Waals surface area contributed by atoms with Crippen molar-refractivity contribution in [3.63, 3.8) is 0 Å². The van der Waals surface area contributed by atoms with Crippen molar-refractivity contribution in [1.82, 2.24) is 0 Å². The Morgan fingerprint density at radius 2 is 1.85 bits per heavy atom. The SMILES string of the molecule is COc1ccc([C@H](Br)C(=O)OCC(Cl)(Cl)Cl)cc1OC. The standard InChI is InChI=1S/C12H12BrCl3O4/c1-18-8-4-3-7(5-9(8)19-2)10(13)11(17)20-6-12(14,15)16/h3-5,10H,6H2,1-2H3/t10-/m0/s1. The number of ether oxygens (including phenoxy) is 3. The second-order valence-corrected chi connectivity index (χ2v) is 7.13. The molecule has 4 nitrogen and oxygen atoms in total. The highest BCUT2D eigenvalue weighted by Crippen LogP contribution is 2.34. The lowest BCUT2D eigenvalue weighted by atomic mass is 10.1. The monoisotopic (exact) mass is 404 g/mol. The van der Waals surface area contributed by atoms with Gasteiger partial charge in [-0.25, -0.2) is 0 Å². The Morgan fingerprint density at radius 1 is 1.25 bits per heavy atom. The predicted molar refractivity (Wildman–Crippen MR) is 82.5 cm³/mol. The van der Waals surface area contributed by atoms with Crippen LogP contribution in [0.25, 0.3) is 0 Å². The van der Waals surface area contributed by atoms with Crippen LogP contribution in [0.2, 0.25) is 0 Å². The first kappa shape index (κ1) is 17.7. The van der Waals surface area contributed by atoms with Gasteiger partial charge in [0.05, 0.1) is 14.2 Å². The molecule has 1 atom stereocenters. The van der Waals surface area contributed by atoms with Gasteiger partial charge in [0, 0.05) is 0 Å². The molecular weight excluding hydrogens is 394 g/mol. The van der Waals surface area contributed by atoms with Crippen LogP contribution in [0, 0.1) is 0 Å². The minimum Gasteiger partial charge on any atom is -0.493 e. The Morgan fingerprint density at radius 3 is 2.35 bits per heavy atom. The van der Waals surface area contributed by atoms with Crippen LogP contribution in [0.1, 0.15) is 10.4 Å². The zero-order chi connectivity index (χ0) is 15.3. The first-order valence-electron chi connectivity index (χ1n) is 5.38. The molecule has 0 saturated carbocycles. The molecule has 0 heterocycles. The highest BCUT2D eigenvalue weighted by Gasteiger charge is 2.26. The molecule has 20 heavy (non-hydrogen) atoms. The van der Waals surface area contributed by atoms with Gasteiger partial charge in [0.15, 0.2) is 11.5 Å². The van der Waals surface area contributed by atoms with Gasteiger partial charge >= 0.3 is 5.97 Å². The van der Waals surface area contributed by atoms with Gasteiger partial charge in [0.2, 0.25) is 3.79 Å². The van der Waals surface area contributed by atoms with Crippen molar-refractivity contribution in [3.05, 3.63) is 23.8 Å². The van der Waals surface area contributed by atoms with Crippen molar-refractivity contribution in [2.24, 2.45) is 0 Å². The van der Waals surface area contributed by atoms with Gasteiger partial charge < -0.3 is 14.2 Å². The third-order valence-corrected chi connectivity index (χ3v) is 3.52. The lowest BCUT2D eigenvalue weighted by molar-refractivity contribution is -0.142. The van der Waals surface area contributed by atoms with Gasteiger partial charge in [-0.2, -0.15) is 0 Å². The van der Waals surface area contributed by atoms with E-state index in [0.717, 1.165) is 0 Å². The fraction of sp³-hybridized carbons (Fsp3) is 0.417. The number of alkyl halides is 4. The summed E-state index contributed by atoms with van der Waals surface area (Å²) in [7, 11) is 3.03. The molecule has 0 aliphatic carbocycles. The maximum Gasteiger partial charge on any atom is 0.324 e. The number of esters is 1. The lowest BCUT2D eigenvalue weighted by Crippen LogP contribution is -2.19. The second kappa shape index (κ2) is 7.59. The number of methoxy groups -OCH3 is 2. The van der Waals surface area contributed by atoms with Crippen LogP contribution < -0.4 is 9.47 Å². The van der Waals surface area contributed by atoms with Gasteiger partial charge in [-0.1, -0.05) is 56.8 Å². The highest BCUT2D eigenvalue weighted by molar-refractivity contribution is 9.09. The molecule has 0 fully saturated rings. The lowest BCUT2D eigenvalue weighted by Gasteiger charge is -2.15. The largest absolute Gasteiger partial charge is 0.493 e. The van der Waals surface area contributed by atoms with E-state index in [1.165, 1.54) is 14.2 Å². The fourth-order valence-electron chi connectivity index (χ4n) is 1.37. The van der Waals surface area contributed by atoms with Gasteiger partial charge in [-0.05, 0) is 17.7 Å². The van der Waals surface area contributed by atoms with E-state index in [-0.39, 0.29) is 6.61 Å². The quantitative estimate of drug-likeness (QED) is 0.547. The van der Waals surface area contributed by atoms with E-state index in [0.29, 0.717) is 17.1 Å². The molecular formula is C12H12BrCl3O4. The zero-order valence-electron chi connectivity index (χ0n) is 10.7. The second-order valence-electron chi connectivity index (χ2n) is 3.70. The number of halogens is 4. The molecule has 1 rings (SSSR count). The maximum absolute atomic E-state index is 11.8. The van der Waals surface area contributed by atoms with E-state index in [9.17, 15) is 4.79 Å². The number of carbonyl (C=O) groups excluding carboxylic acids is 1. The molecule has 0 amide bonds. The molecule has 112 valence electrons. The zero-order valence-corrected chi connectivity index (χ0v) is 14.5. The van der Waals surface area contributed by atoms with Gasteiger partial charge in [0.25, 0.3) is 0 Å². The molecule has 0 unspecified atom stereocenters. The Labute approximate surface area is 140 Å². The third kappa shape index (κ3) is 5.20. The Hall–Kier alpha value is -0.360. The molecule has 1 aromatic rings. The first-order chi connectivity index (χ1) is 9.28. The molecule has 0 saturated heterocycles. The average molecular weight is 406 g/mol. The Balaban J connectivity index is 2.81. The van der Waals surface area contributed by atoms with Crippen molar-refractivity contribution in [2.75, 3.05) is 20.8 Å². The highest BCUT2D eigenvalue weighted by atomic mass is 79.9. The van der Waals surface area contributed by atoms with Gasteiger partial charge in [0.1, 0.15) is 11.4 Å². The molecule has 0 aliphatic heterocycles. The smallest absolute Gasteiger partial charge is 0.324 e. The number of rotatable bonds is 5. The van der Waals surface area contributed by atoms with E-state index in [2.05, 4.69) is 15.9 Å². The van der Waals surface area contributed by atoms with Gasteiger partial charge in [-0.15, -0.1) is 0 Å². The van der Waals surface area contributed by atoms with Crippen molar-refractivity contribution < 1.29 is 19.0 Å². The van der Waals surface area contributed by atoms with Crippen LogP contribution >= 0.6 is 50.7 Å². The number of benzene rings is 1. The van der Waals surface area contributed by atoms with Crippen molar-refractivity contribution in [3.8, 4) is 11.5 Å². The van der Waals surface area contributed by atoms with Crippen molar-refractivity contribution in [1.29, 1.82) is 0 Å². The summed E-state index contributed by atoms with van der Waals surface area (Å²) >= 11 is 19.8.